The van der Waals surface area contributed by atoms with Gasteiger partial charge in [0.25, 0.3) is 0 Å². The molecule has 2 N–H and O–H groups in total. The van der Waals surface area contributed by atoms with Crippen molar-refractivity contribution in [2.24, 2.45) is 0 Å². The van der Waals surface area contributed by atoms with E-state index in [1.165, 1.54) is 6.08 Å². The van der Waals surface area contributed by atoms with Crippen LogP contribution in [0.1, 0.15) is 32.3 Å². The lowest BCUT2D eigenvalue weighted by atomic mass is 10.1. The zero-order valence-electron chi connectivity index (χ0n) is 12.3. The number of rotatable bonds is 8. The molecule has 0 radical (unpaired) electrons. The van der Waals surface area contributed by atoms with Crippen molar-refractivity contribution in [2.45, 2.75) is 32.7 Å². The third-order valence-electron chi connectivity index (χ3n) is 2.83. The van der Waals surface area contributed by atoms with E-state index in [2.05, 4.69) is 5.32 Å². The number of para-hydroxylation sites is 1. The molecular formula is C16H21NO4. The fourth-order valence-electron chi connectivity index (χ4n) is 1.84. The predicted octanol–water partition coefficient (Wildman–Crippen LogP) is 2.47. The highest BCUT2D eigenvalue weighted by Crippen LogP contribution is 2.19. The van der Waals surface area contributed by atoms with Crippen molar-refractivity contribution in [3.63, 3.8) is 0 Å². The number of nitrogens with one attached hydrogen (secondary N) is 1. The molecule has 1 rings (SSSR count). The number of carbonyl (C=O) groups excluding carboxylic acids is 1. The fraction of sp³-hybridized carbons (Fsp3) is 0.375. The number of amides is 1. The number of aliphatic carboxylic acids is 1. The van der Waals surface area contributed by atoms with Crippen LogP contribution in [0, 0.1) is 0 Å². The lowest BCUT2D eigenvalue weighted by Gasteiger charge is -2.11. The molecule has 0 fully saturated rings. The van der Waals surface area contributed by atoms with Crippen LogP contribution in [0.25, 0.3) is 6.08 Å². The van der Waals surface area contributed by atoms with Gasteiger partial charge in [0.05, 0.1) is 6.61 Å². The van der Waals surface area contributed by atoms with Crippen LogP contribution in [0.5, 0.6) is 5.75 Å². The molecule has 0 bridgehead atoms. The normalized spacial score (nSPS) is 12.1. The quantitative estimate of drug-likeness (QED) is 0.721. The van der Waals surface area contributed by atoms with E-state index >= 15 is 0 Å². The Morgan fingerprint density at radius 2 is 2.05 bits per heavy atom. The summed E-state index contributed by atoms with van der Waals surface area (Å²) < 4.78 is 5.45. The maximum atomic E-state index is 11.8. The highest BCUT2D eigenvalue weighted by molar-refractivity contribution is 5.94. The van der Waals surface area contributed by atoms with E-state index in [9.17, 15) is 9.59 Å². The first kappa shape index (κ1) is 16.8. The SMILES string of the molecule is CCCC(NC(=O)/C=C/c1ccccc1OCC)C(=O)O. The van der Waals surface area contributed by atoms with Gasteiger partial charge < -0.3 is 15.2 Å². The predicted molar refractivity (Wildman–Crippen MR) is 81.1 cm³/mol. The van der Waals surface area contributed by atoms with E-state index in [1.54, 1.807) is 6.08 Å². The largest absolute Gasteiger partial charge is 0.493 e. The van der Waals surface area contributed by atoms with Gasteiger partial charge in [0.2, 0.25) is 5.91 Å². The van der Waals surface area contributed by atoms with Gasteiger partial charge in [0.1, 0.15) is 11.8 Å². The van der Waals surface area contributed by atoms with Crippen molar-refractivity contribution >= 4 is 18.0 Å². The first-order chi connectivity index (χ1) is 10.1. The summed E-state index contributed by atoms with van der Waals surface area (Å²) in [5.74, 6) is -0.761. The second-order valence-electron chi connectivity index (χ2n) is 4.49. The van der Waals surface area contributed by atoms with E-state index in [0.29, 0.717) is 25.2 Å². The standard InChI is InChI=1S/C16H21NO4/c1-3-7-13(16(19)20)17-15(18)11-10-12-8-5-6-9-14(12)21-4-2/h5-6,8-11,13H,3-4,7H2,1-2H3,(H,17,18)(H,19,20)/b11-10+. The topological polar surface area (TPSA) is 75.6 Å². The first-order valence-corrected chi connectivity index (χ1v) is 7.01. The number of hydrogen-bond acceptors (Lipinski definition) is 3. The summed E-state index contributed by atoms with van der Waals surface area (Å²) in [4.78, 5) is 22.8. The van der Waals surface area contributed by atoms with Crippen LogP contribution in [0.15, 0.2) is 30.3 Å². The van der Waals surface area contributed by atoms with Gasteiger partial charge in [0, 0.05) is 11.6 Å². The highest BCUT2D eigenvalue weighted by Gasteiger charge is 2.17. The molecule has 5 nitrogen and oxygen atoms in total. The molecule has 0 aromatic heterocycles. The first-order valence-electron chi connectivity index (χ1n) is 7.01. The van der Waals surface area contributed by atoms with Gasteiger partial charge in [-0.15, -0.1) is 0 Å². The molecule has 1 unspecified atom stereocenters. The molecule has 0 aliphatic carbocycles. The average molecular weight is 291 g/mol. The van der Waals surface area contributed by atoms with Crippen molar-refractivity contribution in [2.75, 3.05) is 6.61 Å². The lowest BCUT2D eigenvalue weighted by Crippen LogP contribution is -2.39. The third kappa shape index (κ3) is 5.69. The van der Waals surface area contributed by atoms with Crippen molar-refractivity contribution < 1.29 is 19.4 Å². The van der Waals surface area contributed by atoms with E-state index < -0.39 is 17.9 Å². The number of hydrogen-bond donors (Lipinski definition) is 2. The highest BCUT2D eigenvalue weighted by atomic mass is 16.5. The fourth-order valence-corrected chi connectivity index (χ4v) is 1.84. The van der Waals surface area contributed by atoms with E-state index in [4.69, 9.17) is 9.84 Å². The Labute approximate surface area is 124 Å². The van der Waals surface area contributed by atoms with E-state index in [1.807, 2.05) is 38.1 Å². The lowest BCUT2D eigenvalue weighted by molar-refractivity contribution is -0.141. The molecule has 0 saturated carbocycles. The van der Waals surface area contributed by atoms with Gasteiger partial charge >= 0.3 is 5.97 Å². The minimum atomic E-state index is -1.02. The summed E-state index contributed by atoms with van der Waals surface area (Å²) in [6.45, 7) is 4.29. The van der Waals surface area contributed by atoms with Crippen LogP contribution in [0.3, 0.4) is 0 Å². The molecule has 1 amide bonds. The Kier molecular flexibility index (Phi) is 7.01. The summed E-state index contributed by atoms with van der Waals surface area (Å²) in [6.07, 6.45) is 4.03. The second-order valence-corrected chi connectivity index (χ2v) is 4.49. The molecular weight excluding hydrogens is 270 g/mol. The van der Waals surface area contributed by atoms with Gasteiger partial charge in [-0.05, 0) is 25.5 Å². The van der Waals surface area contributed by atoms with E-state index in [-0.39, 0.29) is 0 Å². The van der Waals surface area contributed by atoms with Gasteiger partial charge in [-0.25, -0.2) is 4.79 Å². The summed E-state index contributed by atoms with van der Waals surface area (Å²) in [5, 5.41) is 11.5. The minimum Gasteiger partial charge on any atom is -0.493 e. The zero-order valence-corrected chi connectivity index (χ0v) is 12.3. The molecule has 1 atom stereocenters. The van der Waals surface area contributed by atoms with Crippen LogP contribution < -0.4 is 10.1 Å². The molecule has 114 valence electrons. The molecule has 0 spiro atoms. The number of ether oxygens (including phenoxy) is 1. The second kappa shape index (κ2) is 8.79. The Balaban J connectivity index is 2.71. The Hall–Kier alpha value is -2.30. The molecule has 1 aromatic rings. The number of carbonyl (C=O) groups is 2. The summed E-state index contributed by atoms with van der Waals surface area (Å²) >= 11 is 0. The smallest absolute Gasteiger partial charge is 0.326 e. The third-order valence-corrected chi connectivity index (χ3v) is 2.83. The van der Waals surface area contributed by atoms with Crippen molar-refractivity contribution in [3.05, 3.63) is 35.9 Å². The van der Waals surface area contributed by atoms with Crippen LogP contribution >= 0.6 is 0 Å². The molecule has 0 aliphatic heterocycles. The van der Waals surface area contributed by atoms with Crippen molar-refractivity contribution in [1.29, 1.82) is 0 Å². The van der Waals surface area contributed by atoms with Crippen molar-refractivity contribution in [3.8, 4) is 5.75 Å². The number of carboxylic acids is 1. The van der Waals surface area contributed by atoms with Gasteiger partial charge in [0.15, 0.2) is 0 Å². The number of benzene rings is 1. The maximum absolute atomic E-state index is 11.8. The molecule has 5 heteroatoms. The molecule has 0 heterocycles. The Bertz CT molecular complexity index is 511. The van der Waals surface area contributed by atoms with Crippen LogP contribution in [0.4, 0.5) is 0 Å². The molecule has 0 saturated heterocycles. The summed E-state index contributed by atoms with van der Waals surface area (Å²) in [5.41, 5.74) is 0.775. The number of carboxylic acid groups (broad SMARTS) is 1. The maximum Gasteiger partial charge on any atom is 0.326 e. The minimum absolute atomic E-state index is 0.407. The zero-order chi connectivity index (χ0) is 15.7. The average Bonchev–Trinajstić information content (AvgIpc) is 2.46. The van der Waals surface area contributed by atoms with Gasteiger partial charge in [-0.1, -0.05) is 31.5 Å². The van der Waals surface area contributed by atoms with Gasteiger partial charge in [-0.3, -0.25) is 4.79 Å². The summed E-state index contributed by atoms with van der Waals surface area (Å²) in [7, 11) is 0. The van der Waals surface area contributed by atoms with Crippen LogP contribution in [-0.4, -0.2) is 29.6 Å². The molecule has 0 aliphatic rings. The van der Waals surface area contributed by atoms with Gasteiger partial charge in [-0.2, -0.15) is 0 Å². The Morgan fingerprint density at radius 1 is 1.33 bits per heavy atom. The molecule has 21 heavy (non-hydrogen) atoms. The Morgan fingerprint density at radius 3 is 2.67 bits per heavy atom. The monoisotopic (exact) mass is 291 g/mol. The summed E-state index contributed by atoms with van der Waals surface area (Å²) in [6, 6.07) is 6.49. The van der Waals surface area contributed by atoms with Crippen molar-refractivity contribution in [1.82, 2.24) is 5.32 Å². The van der Waals surface area contributed by atoms with Crippen LogP contribution in [0.2, 0.25) is 0 Å². The van der Waals surface area contributed by atoms with Crippen LogP contribution in [-0.2, 0) is 9.59 Å². The molecule has 1 aromatic carbocycles. The van der Waals surface area contributed by atoms with E-state index in [0.717, 1.165) is 5.56 Å².